The highest BCUT2D eigenvalue weighted by atomic mass is 16.3. The quantitative estimate of drug-likeness (QED) is 0.627. The SMILES string of the molecule is O=C(CCCNC(=O)c1ccco1)NCc1ncn[nH]1. The van der Waals surface area contributed by atoms with E-state index in [-0.39, 0.29) is 17.6 Å². The second kappa shape index (κ2) is 7.07. The molecule has 2 rings (SSSR count). The minimum Gasteiger partial charge on any atom is -0.459 e. The molecule has 2 aromatic rings. The Morgan fingerprint density at radius 1 is 1.35 bits per heavy atom. The molecule has 0 saturated heterocycles. The summed E-state index contributed by atoms with van der Waals surface area (Å²) in [6.45, 7) is 0.729. The van der Waals surface area contributed by atoms with Crippen LogP contribution in [0.2, 0.25) is 0 Å². The molecule has 8 nitrogen and oxygen atoms in total. The smallest absolute Gasteiger partial charge is 0.286 e. The van der Waals surface area contributed by atoms with Gasteiger partial charge in [-0.25, -0.2) is 4.98 Å². The molecule has 0 bridgehead atoms. The topological polar surface area (TPSA) is 113 Å². The number of nitrogens with one attached hydrogen (secondary N) is 3. The second-order valence-electron chi connectivity index (χ2n) is 4.05. The number of carbonyl (C=O) groups excluding carboxylic acids is 2. The molecule has 2 amide bonds. The number of carbonyl (C=O) groups is 2. The van der Waals surface area contributed by atoms with Gasteiger partial charge in [-0.3, -0.25) is 14.7 Å². The van der Waals surface area contributed by atoms with Gasteiger partial charge in [-0.1, -0.05) is 0 Å². The first kappa shape index (κ1) is 13.8. The second-order valence-corrected chi connectivity index (χ2v) is 4.05. The summed E-state index contributed by atoms with van der Waals surface area (Å²) in [5, 5.41) is 11.7. The number of aromatic nitrogens is 3. The molecule has 106 valence electrons. The van der Waals surface area contributed by atoms with Crippen molar-refractivity contribution < 1.29 is 14.0 Å². The lowest BCUT2D eigenvalue weighted by Gasteiger charge is -2.04. The predicted molar refractivity (Wildman–Crippen MR) is 68.5 cm³/mol. The van der Waals surface area contributed by atoms with Crippen LogP contribution < -0.4 is 10.6 Å². The van der Waals surface area contributed by atoms with Crippen molar-refractivity contribution in [3.8, 4) is 0 Å². The van der Waals surface area contributed by atoms with Crippen LogP contribution in [0.15, 0.2) is 29.1 Å². The molecule has 0 radical (unpaired) electrons. The van der Waals surface area contributed by atoms with Crippen LogP contribution in [0.5, 0.6) is 0 Å². The van der Waals surface area contributed by atoms with E-state index in [1.165, 1.54) is 12.6 Å². The Kier molecular flexibility index (Phi) is 4.87. The summed E-state index contributed by atoms with van der Waals surface area (Å²) in [7, 11) is 0. The average Bonchev–Trinajstić information content (AvgIpc) is 3.13. The third-order valence-corrected chi connectivity index (χ3v) is 2.53. The van der Waals surface area contributed by atoms with Crippen molar-refractivity contribution in [1.29, 1.82) is 0 Å². The molecule has 20 heavy (non-hydrogen) atoms. The van der Waals surface area contributed by atoms with Crippen molar-refractivity contribution in [1.82, 2.24) is 25.8 Å². The number of hydrogen-bond donors (Lipinski definition) is 3. The van der Waals surface area contributed by atoms with Gasteiger partial charge in [0.1, 0.15) is 12.2 Å². The number of aromatic amines is 1. The molecule has 0 saturated carbocycles. The molecular formula is C12H15N5O3. The molecule has 0 aliphatic carbocycles. The Morgan fingerprint density at radius 2 is 2.25 bits per heavy atom. The van der Waals surface area contributed by atoms with E-state index >= 15 is 0 Å². The highest BCUT2D eigenvalue weighted by molar-refractivity contribution is 5.91. The standard InChI is InChI=1S/C12H15N5O3/c18-11(14-7-10-15-8-16-17-10)4-1-5-13-12(19)9-3-2-6-20-9/h2-3,6,8H,1,4-5,7H2,(H,13,19)(H,14,18)(H,15,16,17). The van der Waals surface area contributed by atoms with Gasteiger partial charge in [-0.2, -0.15) is 5.10 Å². The number of furan rings is 1. The van der Waals surface area contributed by atoms with Gasteiger partial charge in [0.15, 0.2) is 5.76 Å². The zero-order chi connectivity index (χ0) is 14.2. The van der Waals surface area contributed by atoms with Crippen molar-refractivity contribution in [3.05, 3.63) is 36.3 Å². The third kappa shape index (κ3) is 4.23. The van der Waals surface area contributed by atoms with Crippen LogP contribution in [0, 0.1) is 0 Å². The Balaban J connectivity index is 1.56. The number of H-pyrrole nitrogens is 1. The van der Waals surface area contributed by atoms with Gasteiger partial charge in [0.2, 0.25) is 5.91 Å². The van der Waals surface area contributed by atoms with E-state index in [4.69, 9.17) is 4.42 Å². The van der Waals surface area contributed by atoms with Gasteiger partial charge in [0.05, 0.1) is 12.8 Å². The van der Waals surface area contributed by atoms with Crippen molar-refractivity contribution in [2.75, 3.05) is 6.54 Å². The molecule has 8 heteroatoms. The first-order valence-electron chi connectivity index (χ1n) is 6.18. The lowest BCUT2D eigenvalue weighted by Crippen LogP contribution is -2.27. The van der Waals surface area contributed by atoms with Crippen LogP contribution in [-0.4, -0.2) is 33.5 Å². The van der Waals surface area contributed by atoms with E-state index in [9.17, 15) is 9.59 Å². The lowest BCUT2D eigenvalue weighted by molar-refractivity contribution is -0.121. The largest absolute Gasteiger partial charge is 0.459 e. The van der Waals surface area contributed by atoms with Gasteiger partial charge in [0, 0.05) is 13.0 Å². The summed E-state index contributed by atoms with van der Waals surface area (Å²) in [5.74, 6) is 0.481. The van der Waals surface area contributed by atoms with E-state index < -0.39 is 0 Å². The number of rotatable bonds is 7. The van der Waals surface area contributed by atoms with Gasteiger partial charge in [0.25, 0.3) is 5.91 Å². The Bertz CT molecular complexity index is 535. The fourth-order valence-electron chi connectivity index (χ4n) is 1.53. The summed E-state index contributed by atoms with van der Waals surface area (Å²) < 4.78 is 4.95. The normalized spacial score (nSPS) is 10.2. The maximum absolute atomic E-state index is 11.5. The number of hydrogen-bond acceptors (Lipinski definition) is 5. The van der Waals surface area contributed by atoms with Crippen LogP contribution in [0.1, 0.15) is 29.2 Å². The van der Waals surface area contributed by atoms with E-state index in [0.717, 1.165) is 0 Å². The highest BCUT2D eigenvalue weighted by Crippen LogP contribution is 1.99. The first-order chi connectivity index (χ1) is 9.75. The van der Waals surface area contributed by atoms with Gasteiger partial charge in [-0.05, 0) is 18.6 Å². The summed E-state index contributed by atoms with van der Waals surface area (Å²) in [6, 6.07) is 3.23. The predicted octanol–water partition coefficient (Wildman–Crippen LogP) is 0.224. The maximum Gasteiger partial charge on any atom is 0.286 e. The minimum atomic E-state index is -0.280. The molecule has 2 aromatic heterocycles. The summed E-state index contributed by atoms with van der Waals surface area (Å²) in [6.07, 6.45) is 3.69. The highest BCUT2D eigenvalue weighted by Gasteiger charge is 2.07. The van der Waals surface area contributed by atoms with Crippen molar-refractivity contribution in [2.24, 2.45) is 0 Å². The van der Waals surface area contributed by atoms with Gasteiger partial charge < -0.3 is 15.1 Å². The molecule has 0 spiro atoms. The summed E-state index contributed by atoms with van der Waals surface area (Å²) in [4.78, 5) is 26.9. The molecule has 0 atom stereocenters. The van der Waals surface area contributed by atoms with Crippen LogP contribution in [0.25, 0.3) is 0 Å². The van der Waals surface area contributed by atoms with Crippen molar-refractivity contribution in [2.45, 2.75) is 19.4 Å². The van der Waals surface area contributed by atoms with E-state index in [1.54, 1.807) is 12.1 Å². The zero-order valence-electron chi connectivity index (χ0n) is 10.8. The number of nitrogens with zero attached hydrogens (tertiary/aromatic N) is 2. The van der Waals surface area contributed by atoms with Crippen LogP contribution in [0.4, 0.5) is 0 Å². The first-order valence-corrected chi connectivity index (χ1v) is 6.18. The average molecular weight is 277 g/mol. The van der Waals surface area contributed by atoms with Gasteiger partial charge >= 0.3 is 0 Å². The van der Waals surface area contributed by atoms with Crippen LogP contribution in [0.3, 0.4) is 0 Å². The Labute approximate surface area is 115 Å². The molecule has 0 unspecified atom stereocenters. The lowest BCUT2D eigenvalue weighted by atomic mass is 10.3. The number of amides is 2. The molecule has 0 aliphatic heterocycles. The fourth-order valence-corrected chi connectivity index (χ4v) is 1.53. The summed E-state index contributed by atoms with van der Waals surface area (Å²) >= 11 is 0. The monoisotopic (exact) mass is 277 g/mol. The van der Waals surface area contributed by atoms with Gasteiger partial charge in [-0.15, -0.1) is 0 Å². The molecule has 0 fully saturated rings. The van der Waals surface area contributed by atoms with Crippen LogP contribution in [-0.2, 0) is 11.3 Å². The van der Waals surface area contributed by atoms with Crippen molar-refractivity contribution >= 4 is 11.8 Å². The Hall–Kier alpha value is -2.64. The zero-order valence-corrected chi connectivity index (χ0v) is 10.8. The molecule has 0 aliphatic rings. The fraction of sp³-hybridized carbons (Fsp3) is 0.333. The van der Waals surface area contributed by atoms with Crippen molar-refractivity contribution in [3.63, 3.8) is 0 Å². The molecular weight excluding hydrogens is 262 g/mol. The van der Waals surface area contributed by atoms with Crippen LogP contribution >= 0.6 is 0 Å². The van der Waals surface area contributed by atoms with E-state index in [1.807, 2.05) is 0 Å². The maximum atomic E-state index is 11.5. The van der Waals surface area contributed by atoms with E-state index in [2.05, 4.69) is 25.8 Å². The molecule has 3 N–H and O–H groups in total. The molecule has 0 aromatic carbocycles. The minimum absolute atomic E-state index is 0.103. The van der Waals surface area contributed by atoms with E-state index in [0.29, 0.717) is 31.8 Å². The third-order valence-electron chi connectivity index (χ3n) is 2.53. The molecule has 2 heterocycles. The Morgan fingerprint density at radius 3 is 2.95 bits per heavy atom. The summed E-state index contributed by atoms with van der Waals surface area (Å²) in [5.41, 5.74) is 0.